The first-order valence-corrected chi connectivity index (χ1v) is 9.82. The van der Waals surface area contributed by atoms with E-state index in [2.05, 4.69) is 45.1 Å². The van der Waals surface area contributed by atoms with Gasteiger partial charge in [-0.15, -0.1) is 0 Å². The van der Waals surface area contributed by atoms with Crippen molar-refractivity contribution in [3.63, 3.8) is 0 Å². The largest absolute Gasteiger partial charge is 0.470 e. The number of carbonyl (C=O) groups excluding carboxylic acids is 1. The Balaban J connectivity index is 1.78. The van der Waals surface area contributed by atoms with Gasteiger partial charge in [-0.3, -0.25) is 4.79 Å². The Bertz CT molecular complexity index is 719. The topological polar surface area (TPSA) is 59.4 Å². The lowest BCUT2D eigenvalue weighted by molar-refractivity contribution is 0.0944. The van der Waals surface area contributed by atoms with Gasteiger partial charge in [-0.2, -0.15) is 5.10 Å². The van der Waals surface area contributed by atoms with Crippen molar-refractivity contribution in [2.75, 3.05) is 26.2 Å². The molecule has 1 N–H and O–H groups in total. The van der Waals surface area contributed by atoms with Gasteiger partial charge >= 0.3 is 0 Å². The SMILES string of the molecule is CCN(CC)CCCNC(=O)c1ccn(COc2ccc(Cl)cc2Br)n1. The maximum atomic E-state index is 12.1. The van der Waals surface area contributed by atoms with Crippen LogP contribution in [-0.2, 0) is 6.73 Å². The van der Waals surface area contributed by atoms with E-state index in [9.17, 15) is 4.79 Å². The van der Waals surface area contributed by atoms with Gasteiger partial charge in [0.25, 0.3) is 5.91 Å². The Morgan fingerprint density at radius 2 is 2.12 bits per heavy atom. The molecule has 0 saturated heterocycles. The fourth-order valence-electron chi connectivity index (χ4n) is 2.42. The van der Waals surface area contributed by atoms with Crippen LogP contribution >= 0.6 is 27.5 Å². The minimum Gasteiger partial charge on any atom is -0.470 e. The fourth-order valence-corrected chi connectivity index (χ4v) is 3.21. The van der Waals surface area contributed by atoms with Crippen LogP contribution in [0.5, 0.6) is 5.75 Å². The molecule has 0 spiro atoms. The van der Waals surface area contributed by atoms with Gasteiger partial charge in [-0.25, -0.2) is 4.68 Å². The molecule has 1 amide bonds. The monoisotopic (exact) mass is 442 g/mol. The first-order valence-electron chi connectivity index (χ1n) is 8.65. The molecule has 6 nitrogen and oxygen atoms in total. The van der Waals surface area contributed by atoms with Crippen LogP contribution in [0.25, 0.3) is 0 Å². The number of amides is 1. The second kappa shape index (κ2) is 10.5. The molecule has 0 saturated carbocycles. The molecule has 26 heavy (non-hydrogen) atoms. The highest BCUT2D eigenvalue weighted by Crippen LogP contribution is 2.28. The van der Waals surface area contributed by atoms with Crippen molar-refractivity contribution in [2.45, 2.75) is 27.0 Å². The fraction of sp³-hybridized carbons (Fsp3) is 0.444. The number of hydrogen-bond acceptors (Lipinski definition) is 4. The van der Waals surface area contributed by atoms with E-state index < -0.39 is 0 Å². The summed E-state index contributed by atoms with van der Waals surface area (Å²) in [4.78, 5) is 14.5. The minimum atomic E-state index is -0.170. The summed E-state index contributed by atoms with van der Waals surface area (Å²) < 4.78 is 8.02. The molecular formula is C18H24BrClN4O2. The van der Waals surface area contributed by atoms with Gasteiger partial charge in [-0.1, -0.05) is 25.4 Å². The average molecular weight is 444 g/mol. The van der Waals surface area contributed by atoms with Crippen molar-refractivity contribution in [2.24, 2.45) is 0 Å². The number of aromatic nitrogens is 2. The summed E-state index contributed by atoms with van der Waals surface area (Å²) in [7, 11) is 0. The lowest BCUT2D eigenvalue weighted by atomic mass is 10.3. The predicted octanol–water partition coefficient (Wildman–Crippen LogP) is 3.80. The third-order valence-electron chi connectivity index (χ3n) is 3.95. The molecule has 1 aromatic heterocycles. The molecule has 0 radical (unpaired) electrons. The first-order chi connectivity index (χ1) is 12.5. The molecule has 1 heterocycles. The molecule has 0 bridgehead atoms. The molecule has 0 unspecified atom stereocenters. The van der Waals surface area contributed by atoms with E-state index in [4.69, 9.17) is 16.3 Å². The first kappa shape index (κ1) is 20.7. The second-order valence-electron chi connectivity index (χ2n) is 5.72. The van der Waals surface area contributed by atoms with Crippen LogP contribution in [0.3, 0.4) is 0 Å². The number of rotatable bonds is 10. The van der Waals surface area contributed by atoms with Crippen LogP contribution in [0.2, 0.25) is 5.02 Å². The lowest BCUT2D eigenvalue weighted by Crippen LogP contribution is -2.30. The van der Waals surface area contributed by atoms with Crippen LogP contribution in [0.4, 0.5) is 0 Å². The quantitative estimate of drug-likeness (QED) is 0.568. The third-order valence-corrected chi connectivity index (χ3v) is 4.81. The molecule has 0 aliphatic rings. The molecular weight excluding hydrogens is 420 g/mol. The second-order valence-corrected chi connectivity index (χ2v) is 7.02. The van der Waals surface area contributed by atoms with Crippen molar-refractivity contribution in [3.8, 4) is 5.75 Å². The average Bonchev–Trinajstić information content (AvgIpc) is 3.10. The number of carbonyl (C=O) groups is 1. The van der Waals surface area contributed by atoms with Crippen LogP contribution in [0, 0.1) is 0 Å². The number of halogens is 2. The highest BCUT2D eigenvalue weighted by atomic mass is 79.9. The van der Waals surface area contributed by atoms with E-state index in [1.54, 1.807) is 35.1 Å². The number of nitrogens with one attached hydrogen (secondary N) is 1. The maximum Gasteiger partial charge on any atom is 0.271 e. The molecule has 0 aliphatic carbocycles. The highest BCUT2D eigenvalue weighted by molar-refractivity contribution is 9.10. The number of ether oxygens (including phenoxy) is 1. The van der Waals surface area contributed by atoms with Gasteiger partial charge in [-0.05, 0) is 66.3 Å². The summed E-state index contributed by atoms with van der Waals surface area (Å²) >= 11 is 9.31. The Morgan fingerprint density at radius 3 is 2.81 bits per heavy atom. The van der Waals surface area contributed by atoms with Gasteiger partial charge < -0.3 is 15.0 Å². The molecule has 2 aromatic rings. The number of nitrogens with zero attached hydrogens (tertiary/aromatic N) is 3. The third kappa shape index (κ3) is 6.30. The molecule has 1 aromatic carbocycles. The summed E-state index contributed by atoms with van der Waals surface area (Å²) in [6.07, 6.45) is 2.64. The molecule has 0 atom stereocenters. The van der Waals surface area contributed by atoms with Crippen molar-refractivity contribution in [1.82, 2.24) is 20.0 Å². The molecule has 0 aliphatic heterocycles. The van der Waals surface area contributed by atoms with Gasteiger partial charge in [0, 0.05) is 17.8 Å². The van der Waals surface area contributed by atoms with E-state index in [-0.39, 0.29) is 12.6 Å². The van der Waals surface area contributed by atoms with E-state index in [0.717, 1.165) is 30.5 Å². The van der Waals surface area contributed by atoms with Crippen LogP contribution in [0.1, 0.15) is 30.8 Å². The van der Waals surface area contributed by atoms with Gasteiger partial charge in [0.15, 0.2) is 6.73 Å². The van der Waals surface area contributed by atoms with Crippen LogP contribution in [-0.4, -0.2) is 46.8 Å². The smallest absolute Gasteiger partial charge is 0.271 e. The zero-order valence-electron chi connectivity index (χ0n) is 15.0. The molecule has 2 rings (SSSR count). The summed E-state index contributed by atoms with van der Waals surface area (Å²) in [5.74, 6) is 0.489. The molecule has 142 valence electrons. The van der Waals surface area contributed by atoms with Gasteiger partial charge in [0.1, 0.15) is 11.4 Å². The molecule has 0 fully saturated rings. The minimum absolute atomic E-state index is 0.170. The highest BCUT2D eigenvalue weighted by Gasteiger charge is 2.10. The van der Waals surface area contributed by atoms with E-state index in [0.29, 0.717) is 23.0 Å². The summed E-state index contributed by atoms with van der Waals surface area (Å²) in [6, 6.07) is 6.97. The zero-order valence-corrected chi connectivity index (χ0v) is 17.4. The van der Waals surface area contributed by atoms with Crippen molar-refractivity contribution in [1.29, 1.82) is 0 Å². The van der Waals surface area contributed by atoms with Crippen molar-refractivity contribution < 1.29 is 9.53 Å². The van der Waals surface area contributed by atoms with Crippen molar-refractivity contribution in [3.05, 3.63) is 45.7 Å². The van der Waals surface area contributed by atoms with E-state index in [1.165, 1.54) is 0 Å². The van der Waals surface area contributed by atoms with Crippen LogP contribution < -0.4 is 10.1 Å². The van der Waals surface area contributed by atoms with E-state index in [1.807, 2.05) is 0 Å². The van der Waals surface area contributed by atoms with Crippen molar-refractivity contribution >= 4 is 33.4 Å². The van der Waals surface area contributed by atoms with Crippen LogP contribution in [0.15, 0.2) is 34.9 Å². The Labute approximate surface area is 167 Å². The standard InChI is InChI=1S/C18H24BrClN4O2/c1-3-23(4-2)10-5-9-21-18(25)16-8-11-24(22-16)13-26-17-7-6-14(20)12-15(17)19/h6-8,11-12H,3-5,9-10,13H2,1-2H3,(H,21,25). The van der Waals surface area contributed by atoms with Gasteiger partial charge in [0.05, 0.1) is 4.47 Å². The zero-order chi connectivity index (χ0) is 18.9. The number of hydrogen-bond donors (Lipinski definition) is 1. The van der Waals surface area contributed by atoms with E-state index >= 15 is 0 Å². The molecule has 8 heteroatoms. The lowest BCUT2D eigenvalue weighted by Gasteiger charge is -2.17. The Morgan fingerprint density at radius 1 is 1.35 bits per heavy atom. The Hall–Kier alpha value is -1.57. The van der Waals surface area contributed by atoms with Gasteiger partial charge in [0.2, 0.25) is 0 Å². The summed E-state index contributed by atoms with van der Waals surface area (Å²) in [5, 5.41) is 7.78. The number of benzene rings is 1. The predicted molar refractivity (Wildman–Crippen MR) is 107 cm³/mol. The normalized spacial score (nSPS) is 11.0. The summed E-state index contributed by atoms with van der Waals surface area (Å²) in [6.45, 7) is 8.15. The maximum absolute atomic E-state index is 12.1. The summed E-state index contributed by atoms with van der Waals surface area (Å²) in [5.41, 5.74) is 0.381. The Kier molecular flexibility index (Phi) is 8.41.